The summed E-state index contributed by atoms with van der Waals surface area (Å²) in [6, 6.07) is 2.72. The van der Waals surface area contributed by atoms with Crippen molar-refractivity contribution in [1.29, 1.82) is 0 Å². The number of hydrogen-bond acceptors (Lipinski definition) is 8. The maximum Gasteiger partial charge on any atom is 0.306 e. The van der Waals surface area contributed by atoms with Crippen LogP contribution in [0.4, 0.5) is 5.82 Å². The number of aliphatic imine (C=N–C) groups is 1. The predicted octanol–water partition coefficient (Wildman–Crippen LogP) is 5.69. The molecule has 4 saturated heterocycles. The summed E-state index contributed by atoms with van der Waals surface area (Å²) >= 11 is 13.0. The summed E-state index contributed by atoms with van der Waals surface area (Å²) in [6.07, 6.45) is 9.72. The van der Waals surface area contributed by atoms with Crippen molar-refractivity contribution in [1.82, 2.24) is 20.1 Å². The van der Waals surface area contributed by atoms with Crippen LogP contribution in [0, 0.1) is 11.8 Å². The molecule has 0 aromatic carbocycles. The lowest BCUT2D eigenvalue weighted by Crippen LogP contribution is -2.44. The van der Waals surface area contributed by atoms with Gasteiger partial charge in [-0.2, -0.15) is 0 Å². The number of aromatic nitrogens is 1. The smallest absolute Gasteiger partial charge is 0.306 e. The van der Waals surface area contributed by atoms with Crippen molar-refractivity contribution in [3.8, 4) is 0 Å². The van der Waals surface area contributed by atoms with Crippen LogP contribution in [-0.2, 0) is 9.53 Å². The Balaban J connectivity index is 1.31. The summed E-state index contributed by atoms with van der Waals surface area (Å²) in [7, 11) is 0. The molecule has 2 atom stereocenters. The molecule has 2 N–H and O–H groups in total. The number of fused-ring (bicyclic) bond motifs is 1. The number of aliphatic carboxylic acids is 1. The predicted molar refractivity (Wildman–Crippen MR) is 182 cm³/mol. The lowest BCUT2D eigenvalue weighted by Gasteiger charge is -2.35. The fraction of sp³-hybridized carbons (Fsp3) is 0.588. The van der Waals surface area contributed by atoms with Gasteiger partial charge in [0.05, 0.1) is 22.2 Å². The van der Waals surface area contributed by atoms with Gasteiger partial charge in [0, 0.05) is 68.4 Å². The van der Waals surface area contributed by atoms with E-state index in [9.17, 15) is 14.7 Å². The minimum absolute atomic E-state index is 0.316. The molecular formula is C34H46Cl2N6O4. The number of hydrogen-bond donors (Lipinski definition) is 2. The van der Waals surface area contributed by atoms with Gasteiger partial charge in [0.25, 0.3) is 5.91 Å². The third kappa shape index (κ3) is 7.95. The zero-order chi connectivity index (χ0) is 33.0. The molecule has 12 heteroatoms. The van der Waals surface area contributed by atoms with E-state index in [1.165, 1.54) is 12.6 Å². The highest BCUT2D eigenvalue weighted by atomic mass is 35.5. The number of nitrogens with one attached hydrogen (secondary N) is 1. The molecule has 1 aromatic heterocycles. The topological polar surface area (TPSA) is 111 Å². The number of rotatable bonds is 8. The lowest BCUT2D eigenvalue weighted by atomic mass is 9.97. The van der Waals surface area contributed by atoms with Crippen LogP contribution >= 0.6 is 23.2 Å². The maximum atomic E-state index is 13.3. The number of carbonyl (C=O) groups excluding carboxylic acids is 1. The first-order valence-electron chi connectivity index (χ1n) is 16.4. The van der Waals surface area contributed by atoms with Crippen LogP contribution < -0.4 is 10.2 Å². The van der Waals surface area contributed by atoms with Crippen molar-refractivity contribution in [3.63, 3.8) is 0 Å². The van der Waals surface area contributed by atoms with E-state index in [0.717, 1.165) is 62.7 Å². The average Bonchev–Trinajstić information content (AvgIpc) is 3.65. The molecule has 4 aliphatic heterocycles. The highest BCUT2D eigenvalue weighted by Crippen LogP contribution is 2.37. The molecule has 5 rings (SSSR count). The van der Waals surface area contributed by atoms with Gasteiger partial charge < -0.3 is 25.0 Å². The number of carboxylic acid groups (broad SMARTS) is 1. The number of halogens is 2. The molecule has 1 amide bonds. The Bertz CT molecular complexity index is 1430. The standard InChI is InChI=1S/C34H46Cl2N6O4/c1-5-27(35)16-21(2)31(22(3)41-19-25-8-13-42(30(25)20-41)28-9-14-46-15-10-28)38-23(4)39-33(43)26-17-29(36)32(37-18-26)40-11-6-24(7-12-40)34(44)45/h5,16-18,24-25,28,30H,6-15,19-20H2,1-4H3,(H,44,45)(H,38,39,43)/b21-16+,27-5+,31-22+. The molecule has 250 valence electrons. The molecule has 0 radical (unpaired) electrons. The Morgan fingerprint density at radius 1 is 1.09 bits per heavy atom. The van der Waals surface area contributed by atoms with Gasteiger partial charge in [0.1, 0.15) is 11.7 Å². The van der Waals surface area contributed by atoms with Crippen LogP contribution in [0.15, 0.2) is 51.4 Å². The number of pyridine rings is 1. The fourth-order valence-electron chi connectivity index (χ4n) is 7.26. The molecule has 2 unspecified atom stereocenters. The van der Waals surface area contributed by atoms with E-state index in [4.69, 9.17) is 32.9 Å². The largest absolute Gasteiger partial charge is 0.481 e. The fourth-order valence-corrected chi connectivity index (χ4v) is 7.71. The molecule has 0 aliphatic carbocycles. The second kappa shape index (κ2) is 15.3. The molecule has 1 aromatic rings. The Kier molecular flexibility index (Phi) is 11.5. The summed E-state index contributed by atoms with van der Waals surface area (Å²) in [4.78, 5) is 41.1. The molecule has 5 heterocycles. The highest BCUT2D eigenvalue weighted by Gasteiger charge is 2.44. The van der Waals surface area contributed by atoms with Gasteiger partial charge in [-0.05, 0) is 90.0 Å². The molecule has 0 spiro atoms. The van der Waals surface area contributed by atoms with Gasteiger partial charge in [-0.15, -0.1) is 0 Å². The van der Waals surface area contributed by atoms with Gasteiger partial charge in [-0.3, -0.25) is 14.5 Å². The minimum Gasteiger partial charge on any atom is -0.481 e. The van der Waals surface area contributed by atoms with Crippen LogP contribution in [0.2, 0.25) is 5.02 Å². The van der Waals surface area contributed by atoms with Crippen molar-refractivity contribution in [2.24, 2.45) is 16.8 Å². The highest BCUT2D eigenvalue weighted by molar-refractivity contribution is 6.33. The first-order valence-corrected chi connectivity index (χ1v) is 17.1. The third-order valence-corrected chi connectivity index (χ3v) is 10.5. The van der Waals surface area contributed by atoms with Gasteiger partial charge in [-0.25, -0.2) is 9.98 Å². The monoisotopic (exact) mass is 672 g/mol. The Morgan fingerprint density at radius 2 is 1.80 bits per heavy atom. The molecule has 10 nitrogen and oxygen atoms in total. The minimum atomic E-state index is -0.772. The first kappa shape index (κ1) is 34.4. The van der Waals surface area contributed by atoms with E-state index in [0.29, 0.717) is 71.2 Å². The van der Waals surface area contributed by atoms with Gasteiger partial charge in [0.2, 0.25) is 0 Å². The summed E-state index contributed by atoms with van der Waals surface area (Å²) in [5.74, 6) is 0.139. The van der Waals surface area contributed by atoms with Crippen molar-refractivity contribution in [2.45, 2.75) is 71.9 Å². The second-order valence-corrected chi connectivity index (χ2v) is 13.7. The van der Waals surface area contributed by atoms with E-state index >= 15 is 0 Å². The number of likely N-dealkylation sites (tertiary alicyclic amines) is 2. The maximum absolute atomic E-state index is 13.3. The van der Waals surface area contributed by atoms with Gasteiger partial charge in [-0.1, -0.05) is 29.3 Å². The Labute approximate surface area is 282 Å². The summed E-state index contributed by atoms with van der Waals surface area (Å²) in [5.41, 5.74) is 3.07. The first-order chi connectivity index (χ1) is 22.0. The van der Waals surface area contributed by atoms with Gasteiger partial charge in [0.15, 0.2) is 0 Å². The molecular weight excluding hydrogens is 627 g/mol. The summed E-state index contributed by atoms with van der Waals surface area (Å²) < 4.78 is 5.63. The molecule has 46 heavy (non-hydrogen) atoms. The normalized spacial score (nSPS) is 24.7. The van der Waals surface area contributed by atoms with Crippen molar-refractivity contribution in [2.75, 3.05) is 50.8 Å². The number of amides is 1. The quantitative estimate of drug-likeness (QED) is 0.206. The van der Waals surface area contributed by atoms with E-state index in [-0.39, 0.29) is 11.8 Å². The van der Waals surface area contributed by atoms with Crippen LogP contribution in [0.1, 0.15) is 70.2 Å². The number of allylic oxidation sites excluding steroid dienone is 5. The number of nitrogens with zero attached hydrogens (tertiary/aromatic N) is 5. The van der Waals surface area contributed by atoms with Crippen molar-refractivity contribution >= 4 is 46.7 Å². The van der Waals surface area contributed by atoms with Crippen molar-refractivity contribution in [3.05, 3.63) is 57.0 Å². The number of piperidine rings is 1. The number of ether oxygens (including phenoxy) is 1. The van der Waals surface area contributed by atoms with E-state index in [1.807, 2.05) is 30.9 Å². The Hall–Kier alpha value is -2.92. The van der Waals surface area contributed by atoms with E-state index in [1.54, 1.807) is 13.0 Å². The third-order valence-electron chi connectivity index (χ3n) is 9.87. The van der Waals surface area contributed by atoms with E-state index < -0.39 is 5.97 Å². The second-order valence-electron chi connectivity index (χ2n) is 12.8. The van der Waals surface area contributed by atoms with Crippen LogP contribution in [0.25, 0.3) is 0 Å². The number of carbonyl (C=O) groups is 2. The summed E-state index contributed by atoms with van der Waals surface area (Å²) in [5, 5.41) is 13.2. The number of carboxylic acids is 1. The molecule has 0 bridgehead atoms. The molecule has 4 aliphatic rings. The average molecular weight is 674 g/mol. The van der Waals surface area contributed by atoms with Gasteiger partial charge >= 0.3 is 5.97 Å². The summed E-state index contributed by atoms with van der Waals surface area (Å²) in [6.45, 7) is 13.7. The molecule has 0 saturated carbocycles. The Morgan fingerprint density at radius 3 is 2.46 bits per heavy atom. The number of amidine groups is 1. The molecule has 4 fully saturated rings. The van der Waals surface area contributed by atoms with Crippen LogP contribution in [0.3, 0.4) is 0 Å². The van der Waals surface area contributed by atoms with Crippen molar-refractivity contribution < 1.29 is 19.4 Å². The SMILES string of the molecule is C\C=C(Cl)/C=C(C)/C(N=C(C)NC(=O)c1cnc(N2CCC(C(=O)O)CC2)c(Cl)c1)=C(/C)N1CC2CCN(C3CCOCC3)C2C1. The van der Waals surface area contributed by atoms with Crippen LogP contribution in [-0.4, -0.2) is 95.6 Å². The van der Waals surface area contributed by atoms with E-state index in [2.05, 4.69) is 27.0 Å². The number of anilines is 1. The zero-order valence-corrected chi connectivity index (χ0v) is 28.8. The zero-order valence-electron chi connectivity index (χ0n) is 27.3. The van der Waals surface area contributed by atoms with Crippen LogP contribution in [0.5, 0.6) is 0 Å². The lowest BCUT2D eigenvalue weighted by molar-refractivity contribution is -0.142.